The molecule has 0 bridgehead atoms. The third kappa shape index (κ3) is 3.42. The summed E-state index contributed by atoms with van der Waals surface area (Å²) in [5.74, 6) is 0.434. The van der Waals surface area contributed by atoms with Crippen LogP contribution in [0, 0.1) is 19.3 Å². The van der Waals surface area contributed by atoms with Crippen molar-refractivity contribution in [2.24, 2.45) is 0 Å². The van der Waals surface area contributed by atoms with Gasteiger partial charge in [-0.15, -0.1) is 0 Å². The number of fused-ring (bicyclic) bond motifs is 1. The number of hydrogen-bond acceptors (Lipinski definition) is 2. The molecule has 1 heterocycles. The predicted molar refractivity (Wildman–Crippen MR) is 118 cm³/mol. The van der Waals surface area contributed by atoms with Gasteiger partial charge in [-0.25, -0.2) is 9.24 Å². The molecule has 30 heavy (non-hydrogen) atoms. The summed E-state index contributed by atoms with van der Waals surface area (Å²) < 4.78 is 20.5. The van der Waals surface area contributed by atoms with Crippen molar-refractivity contribution in [1.29, 1.82) is 0 Å². The van der Waals surface area contributed by atoms with E-state index in [0.29, 0.717) is 16.8 Å². The third-order valence-electron chi connectivity index (χ3n) is 5.30. The van der Waals surface area contributed by atoms with E-state index in [1.54, 1.807) is 19.2 Å². The highest BCUT2D eigenvalue weighted by atomic mass is 19.1. The van der Waals surface area contributed by atoms with Crippen LogP contribution in [0.5, 0.6) is 5.75 Å². The van der Waals surface area contributed by atoms with Gasteiger partial charge in [-0.1, -0.05) is 37.6 Å². The van der Waals surface area contributed by atoms with Gasteiger partial charge in [0.2, 0.25) is 0 Å². The number of aromatic amines is 1. The molecule has 4 rings (SSSR count). The smallest absolute Gasteiger partial charge is 0.197 e. The largest absolute Gasteiger partial charge is 0.497 e. The highest BCUT2D eigenvalue weighted by molar-refractivity contribution is 6.00. The summed E-state index contributed by atoms with van der Waals surface area (Å²) in [5.41, 5.74) is 5.62. The molecule has 0 aliphatic rings. The fraction of sp³-hybridized carbons (Fsp3) is 0.200. The Morgan fingerprint density at radius 2 is 2.00 bits per heavy atom. The summed E-state index contributed by atoms with van der Waals surface area (Å²) in [6.45, 7) is 11.6. The van der Waals surface area contributed by atoms with Crippen molar-refractivity contribution in [2.75, 3.05) is 7.11 Å². The van der Waals surface area contributed by atoms with Gasteiger partial charge in [0.1, 0.15) is 11.6 Å². The first-order chi connectivity index (χ1) is 14.5. The van der Waals surface area contributed by atoms with E-state index in [1.807, 2.05) is 43.3 Å². The standard InChI is InChI=1S/C25H22FN3O/c1-5-7-16-10-15(2)24(21(26)11-16)19-13-20-23(14-22(19)27-3)28-29-25(20)17-8-6-9-18(12-17)30-4/h6,8-14H,5,7H2,1-2,4H3,(H,28,29). The molecule has 0 saturated heterocycles. The van der Waals surface area contributed by atoms with Crippen LogP contribution in [0.2, 0.25) is 0 Å². The summed E-state index contributed by atoms with van der Waals surface area (Å²) in [6.07, 6.45) is 1.78. The number of H-pyrrole nitrogens is 1. The molecule has 0 aliphatic heterocycles. The lowest BCUT2D eigenvalue weighted by Gasteiger charge is -2.13. The molecule has 0 saturated carbocycles. The average Bonchev–Trinajstić information content (AvgIpc) is 3.16. The van der Waals surface area contributed by atoms with Gasteiger partial charge in [-0.3, -0.25) is 5.10 Å². The van der Waals surface area contributed by atoms with Crippen molar-refractivity contribution < 1.29 is 9.13 Å². The highest BCUT2D eigenvalue weighted by Gasteiger charge is 2.18. The minimum atomic E-state index is -0.297. The van der Waals surface area contributed by atoms with Gasteiger partial charge in [-0.05, 0) is 54.3 Å². The molecule has 4 aromatic rings. The maximum Gasteiger partial charge on any atom is 0.197 e. The quantitative estimate of drug-likeness (QED) is 0.373. The van der Waals surface area contributed by atoms with Gasteiger partial charge in [-0.2, -0.15) is 5.10 Å². The maximum atomic E-state index is 15.1. The van der Waals surface area contributed by atoms with Crippen molar-refractivity contribution in [1.82, 2.24) is 10.2 Å². The van der Waals surface area contributed by atoms with Gasteiger partial charge < -0.3 is 4.74 Å². The summed E-state index contributed by atoms with van der Waals surface area (Å²) in [7, 11) is 1.62. The number of halogens is 1. The van der Waals surface area contributed by atoms with Crippen molar-refractivity contribution in [3.8, 4) is 28.1 Å². The molecule has 3 aromatic carbocycles. The summed E-state index contributed by atoms with van der Waals surface area (Å²) in [5, 5.41) is 8.30. The Bertz CT molecular complexity index is 1260. The molecule has 1 N–H and O–H groups in total. The Kier molecular flexibility index (Phi) is 5.24. The Morgan fingerprint density at radius 1 is 1.17 bits per heavy atom. The molecule has 4 nitrogen and oxygen atoms in total. The van der Waals surface area contributed by atoms with E-state index in [1.165, 1.54) is 0 Å². The van der Waals surface area contributed by atoms with Crippen molar-refractivity contribution in [3.63, 3.8) is 0 Å². The molecule has 0 unspecified atom stereocenters. The second-order valence-electron chi connectivity index (χ2n) is 7.35. The first-order valence-corrected chi connectivity index (χ1v) is 9.89. The van der Waals surface area contributed by atoms with Gasteiger partial charge in [0.25, 0.3) is 0 Å². The lowest BCUT2D eigenvalue weighted by Crippen LogP contribution is -1.94. The number of aryl methyl sites for hydroxylation is 2. The predicted octanol–water partition coefficient (Wildman–Crippen LogP) is 6.86. The van der Waals surface area contributed by atoms with Crippen molar-refractivity contribution in [3.05, 3.63) is 76.9 Å². The van der Waals surface area contributed by atoms with Crippen LogP contribution >= 0.6 is 0 Å². The van der Waals surface area contributed by atoms with Crippen LogP contribution < -0.4 is 4.74 Å². The van der Waals surface area contributed by atoms with Crippen LogP contribution in [0.15, 0.2) is 48.5 Å². The van der Waals surface area contributed by atoms with Crippen LogP contribution in [0.25, 0.3) is 38.1 Å². The molecule has 1 aromatic heterocycles. The number of benzene rings is 3. The highest BCUT2D eigenvalue weighted by Crippen LogP contribution is 2.40. The molecule has 150 valence electrons. The van der Waals surface area contributed by atoms with Crippen molar-refractivity contribution >= 4 is 16.6 Å². The van der Waals surface area contributed by atoms with E-state index in [9.17, 15) is 0 Å². The minimum Gasteiger partial charge on any atom is -0.497 e. The molecule has 0 amide bonds. The molecule has 0 spiro atoms. The number of nitrogens with one attached hydrogen (secondary N) is 1. The van der Waals surface area contributed by atoms with E-state index in [2.05, 4.69) is 22.0 Å². The van der Waals surface area contributed by atoms with Gasteiger partial charge in [0.15, 0.2) is 5.69 Å². The average molecular weight is 399 g/mol. The molecule has 0 radical (unpaired) electrons. The maximum absolute atomic E-state index is 15.1. The topological polar surface area (TPSA) is 42.3 Å². The zero-order valence-electron chi connectivity index (χ0n) is 17.2. The molecule has 5 heteroatoms. The Morgan fingerprint density at radius 3 is 2.70 bits per heavy atom. The monoisotopic (exact) mass is 399 g/mol. The molecular formula is C25H22FN3O. The second kappa shape index (κ2) is 8.00. The SMILES string of the molecule is [C-]#[N+]c1cc2[nH]nc(-c3cccc(OC)c3)c2cc1-c1c(C)cc(CCC)cc1F. The second-order valence-corrected chi connectivity index (χ2v) is 7.35. The van der Waals surface area contributed by atoms with Crippen molar-refractivity contribution in [2.45, 2.75) is 26.7 Å². The van der Waals surface area contributed by atoms with Crippen LogP contribution in [0.1, 0.15) is 24.5 Å². The van der Waals surface area contributed by atoms with E-state index in [4.69, 9.17) is 11.3 Å². The number of rotatable bonds is 5. The number of aromatic nitrogens is 2. The molecule has 0 aliphatic carbocycles. The third-order valence-corrected chi connectivity index (χ3v) is 5.30. The number of ether oxygens (including phenoxy) is 1. The fourth-order valence-electron chi connectivity index (χ4n) is 3.93. The summed E-state index contributed by atoms with van der Waals surface area (Å²) in [6, 6.07) is 14.8. The van der Waals surface area contributed by atoms with Crippen LogP contribution in [0.3, 0.4) is 0 Å². The molecule has 0 fully saturated rings. The van der Waals surface area contributed by atoms with Gasteiger partial charge >= 0.3 is 0 Å². The summed E-state index contributed by atoms with van der Waals surface area (Å²) in [4.78, 5) is 3.66. The number of nitrogens with zero attached hydrogens (tertiary/aromatic N) is 2. The lowest BCUT2D eigenvalue weighted by atomic mass is 9.93. The Labute approximate surface area is 175 Å². The summed E-state index contributed by atoms with van der Waals surface area (Å²) >= 11 is 0. The first kappa shape index (κ1) is 19.7. The van der Waals surface area contributed by atoms with Crippen LogP contribution in [-0.2, 0) is 6.42 Å². The van der Waals surface area contributed by atoms with E-state index in [-0.39, 0.29) is 5.82 Å². The first-order valence-electron chi connectivity index (χ1n) is 9.89. The van der Waals surface area contributed by atoms with Gasteiger partial charge in [0, 0.05) is 16.5 Å². The van der Waals surface area contributed by atoms with E-state index >= 15 is 4.39 Å². The van der Waals surface area contributed by atoms with E-state index in [0.717, 1.165) is 51.9 Å². The molecule has 0 atom stereocenters. The lowest BCUT2D eigenvalue weighted by molar-refractivity contribution is 0.415. The minimum absolute atomic E-state index is 0.297. The normalized spacial score (nSPS) is 10.9. The zero-order chi connectivity index (χ0) is 21.3. The Hall–Kier alpha value is -3.65. The van der Waals surface area contributed by atoms with Crippen LogP contribution in [0.4, 0.5) is 10.1 Å². The zero-order valence-corrected chi connectivity index (χ0v) is 17.2. The van der Waals surface area contributed by atoms with Crippen LogP contribution in [-0.4, -0.2) is 17.3 Å². The Balaban J connectivity index is 1.94. The van der Waals surface area contributed by atoms with Gasteiger partial charge in [0.05, 0.1) is 24.9 Å². The fourth-order valence-corrected chi connectivity index (χ4v) is 3.93. The molecular weight excluding hydrogens is 377 g/mol. The number of hydrogen-bond donors (Lipinski definition) is 1. The number of methoxy groups -OCH3 is 1. The van der Waals surface area contributed by atoms with E-state index < -0.39 is 0 Å².